The van der Waals surface area contributed by atoms with Crippen LogP contribution in [0.25, 0.3) is 0 Å². The summed E-state index contributed by atoms with van der Waals surface area (Å²) in [6.07, 6.45) is 3.50. The second-order valence-corrected chi connectivity index (χ2v) is 8.87. The third-order valence-corrected chi connectivity index (χ3v) is 6.85. The number of aryl methyl sites for hydroxylation is 1. The van der Waals surface area contributed by atoms with E-state index in [2.05, 4.69) is 27.0 Å². The molecule has 1 aromatic carbocycles. The van der Waals surface area contributed by atoms with E-state index in [9.17, 15) is 9.59 Å². The molecule has 5 nitrogen and oxygen atoms in total. The average Bonchev–Trinajstić information content (AvgIpc) is 3.39. The highest BCUT2D eigenvalue weighted by Crippen LogP contribution is 2.48. The molecule has 0 spiro atoms. The van der Waals surface area contributed by atoms with Gasteiger partial charge in [0.25, 0.3) is 0 Å². The Bertz CT molecular complexity index is 888. The molecular weight excluding hydrogens is 370 g/mol. The molecule has 1 aliphatic heterocycles. The van der Waals surface area contributed by atoms with Crippen LogP contribution in [0.1, 0.15) is 40.5 Å². The van der Waals surface area contributed by atoms with E-state index in [-0.39, 0.29) is 18.4 Å². The number of rotatable bonds is 6. The van der Waals surface area contributed by atoms with Gasteiger partial charge >= 0.3 is 0 Å². The Kier molecular flexibility index (Phi) is 5.51. The number of thiophene rings is 1. The number of carbonyl (C=O) groups is 2. The van der Waals surface area contributed by atoms with Crippen LogP contribution in [0.4, 0.5) is 5.69 Å². The lowest BCUT2D eigenvalue weighted by Gasteiger charge is -2.35. The van der Waals surface area contributed by atoms with Gasteiger partial charge in [-0.25, -0.2) is 0 Å². The summed E-state index contributed by atoms with van der Waals surface area (Å²) in [5.74, 6) is 0.397. The summed E-state index contributed by atoms with van der Waals surface area (Å²) in [5.41, 5.74) is 4.40. The number of nitrogens with one attached hydrogen (secondary N) is 2. The van der Waals surface area contributed by atoms with Crippen LogP contribution in [0.5, 0.6) is 0 Å². The van der Waals surface area contributed by atoms with Crippen LogP contribution in [0.3, 0.4) is 0 Å². The molecule has 1 fully saturated rings. The molecule has 0 bridgehead atoms. The minimum absolute atomic E-state index is 0.00213. The van der Waals surface area contributed by atoms with Crippen molar-refractivity contribution in [1.29, 1.82) is 0 Å². The van der Waals surface area contributed by atoms with Crippen molar-refractivity contribution in [2.45, 2.75) is 39.2 Å². The molecule has 148 valence electrons. The Balaban J connectivity index is 1.31. The Morgan fingerprint density at radius 2 is 2.00 bits per heavy atom. The van der Waals surface area contributed by atoms with Crippen molar-refractivity contribution in [3.05, 3.63) is 51.2 Å². The number of fused-ring (bicyclic) bond motifs is 1. The number of carbonyl (C=O) groups excluding carboxylic acids is 2. The number of amides is 2. The summed E-state index contributed by atoms with van der Waals surface area (Å²) in [6.45, 7) is 5.26. The largest absolute Gasteiger partial charge is 0.346 e. The molecule has 0 saturated heterocycles. The maximum atomic E-state index is 12.5. The van der Waals surface area contributed by atoms with E-state index in [1.165, 1.54) is 23.3 Å². The zero-order valence-electron chi connectivity index (χ0n) is 16.5. The molecule has 1 saturated carbocycles. The highest BCUT2D eigenvalue weighted by Gasteiger charge is 2.40. The highest BCUT2D eigenvalue weighted by molar-refractivity contribution is 7.10. The first-order valence-electron chi connectivity index (χ1n) is 9.96. The van der Waals surface area contributed by atoms with Crippen LogP contribution in [0.15, 0.2) is 29.6 Å². The summed E-state index contributed by atoms with van der Waals surface area (Å²) in [6, 6.07) is 8.41. The molecule has 0 radical (unpaired) electrons. The van der Waals surface area contributed by atoms with Crippen LogP contribution >= 0.6 is 11.3 Å². The van der Waals surface area contributed by atoms with Crippen molar-refractivity contribution in [3.63, 3.8) is 0 Å². The van der Waals surface area contributed by atoms with Gasteiger partial charge in [0.2, 0.25) is 11.8 Å². The Hall–Kier alpha value is -2.18. The van der Waals surface area contributed by atoms with Crippen molar-refractivity contribution >= 4 is 28.8 Å². The van der Waals surface area contributed by atoms with E-state index in [1.54, 1.807) is 0 Å². The number of hydrogen-bond acceptors (Lipinski definition) is 4. The second kappa shape index (κ2) is 8.05. The quantitative estimate of drug-likeness (QED) is 0.785. The van der Waals surface area contributed by atoms with Crippen LogP contribution in [0, 0.1) is 19.8 Å². The molecule has 1 aliphatic carbocycles. The van der Waals surface area contributed by atoms with Gasteiger partial charge in [-0.05, 0) is 73.2 Å². The Labute approximate surface area is 170 Å². The normalized spacial score (nSPS) is 19.1. The Morgan fingerprint density at radius 3 is 2.79 bits per heavy atom. The second-order valence-electron chi connectivity index (χ2n) is 7.87. The van der Waals surface area contributed by atoms with Gasteiger partial charge in [-0.2, -0.15) is 0 Å². The highest BCUT2D eigenvalue weighted by atomic mass is 32.1. The van der Waals surface area contributed by atoms with Crippen LogP contribution in [0.2, 0.25) is 0 Å². The summed E-state index contributed by atoms with van der Waals surface area (Å²) in [5, 5.41) is 7.85. The molecule has 28 heavy (non-hydrogen) atoms. The summed E-state index contributed by atoms with van der Waals surface area (Å²) >= 11 is 1.83. The fraction of sp³-hybridized carbons (Fsp3) is 0.455. The third kappa shape index (κ3) is 4.13. The molecule has 2 heterocycles. The smallest absolute Gasteiger partial charge is 0.243 e. The number of nitrogens with zero attached hydrogens (tertiary/aromatic N) is 1. The zero-order valence-corrected chi connectivity index (χ0v) is 17.3. The molecule has 0 unspecified atom stereocenters. The number of anilines is 1. The van der Waals surface area contributed by atoms with Gasteiger partial charge in [-0.15, -0.1) is 11.3 Å². The van der Waals surface area contributed by atoms with E-state index < -0.39 is 0 Å². The number of hydrogen-bond donors (Lipinski definition) is 2. The lowest BCUT2D eigenvalue weighted by atomic mass is 9.96. The molecular formula is C22H27N3O2S. The molecule has 2 aromatic rings. The first-order valence-corrected chi connectivity index (χ1v) is 10.8. The van der Waals surface area contributed by atoms with Crippen molar-refractivity contribution < 1.29 is 9.59 Å². The maximum absolute atomic E-state index is 12.5. The van der Waals surface area contributed by atoms with E-state index in [4.69, 9.17) is 0 Å². The molecule has 2 N–H and O–H groups in total. The molecule has 2 aliphatic rings. The fourth-order valence-corrected chi connectivity index (χ4v) is 4.95. The van der Waals surface area contributed by atoms with Crippen molar-refractivity contribution in [2.24, 2.45) is 5.92 Å². The van der Waals surface area contributed by atoms with Crippen molar-refractivity contribution in [1.82, 2.24) is 10.2 Å². The van der Waals surface area contributed by atoms with Crippen molar-refractivity contribution in [2.75, 3.05) is 25.0 Å². The minimum atomic E-state index is -0.195. The van der Waals surface area contributed by atoms with Gasteiger partial charge in [-0.1, -0.05) is 12.1 Å². The average molecular weight is 398 g/mol. The topological polar surface area (TPSA) is 61.4 Å². The summed E-state index contributed by atoms with van der Waals surface area (Å²) in [4.78, 5) is 28.5. The van der Waals surface area contributed by atoms with Crippen LogP contribution in [-0.4, -0.2) is 36.3 Å². The molecule has 1 aromatic heterocycles. The third-order valence-electron chi connectivity index (χ3n) is 5.86. The number of benzene rings is 1. The van der Waals surface area contributed by atoms with E-state index >= 15 is 0 Å². The summed E-state index contributed by atoms with van der Waals surface area (Å²) < 4.78 is 0. The monoisotopic (exact) mass is 397 g/mol. The van der Waals surface area contributed by atoms with E-state index in [1.807, 2.05) is 43.4 Å². The first kappa shape index (κ1) is 19.2. The van der Waals surface area contributed by atoms with Gasteiger partial charge in [0.05, 0.1) is 13.1 Å². The lowest BCUT2D eigenvalue weighted by molar-refractivity contribution is -0.125. The van der Waals surface area contributed by atoms with Gasteiger partial charge < -0.3 is 10.6 Å². The van der Waals surface area contributed by atoms with E-state index in [0.717, 1.165) is 29.8 Å². The predicted octanol–water partition coefficient (Wildman–Crippen LogP) is 3.43. The molecule has 1 atom stereocenters. The first-order chi connectivity index (χ1) is 13.5. The predicted molar refractivity (Wildman–Crippen MR) is 113 cm³/mol. The summed E-state index contributed by atoms with van der Waals surface area (Å²) in [7, 11) is 0. The molecule has 4 rings (SSSR count). The van der Waals surface area contributed by atoms with Crippen LogP contribution in [-0.2, 0) is 16.0 Å². The van der Waals surface area contributed by atoms with E-state index in [0.29, 0.717) is 18.5 Å². The van der Waals surface area contributed by atoms with Crippen LogP contribution < -0.4 is 10.6 Å². The van der Waals surface area contributed by atoms with Gasteiger partial charge in [0.1, 0.15) is 0 Å². The lowest BCUT2D eigenvalue weighted by Crippen LogP contribution is -2.44. The fourth-order valence-electron chi connectivity index (χ4n) is 4.04. The van der Waals surface area contributed by atoms with Crippen molar-refractivity contribution in [3.8, 4) is 0 Å². The Morgan fingerprint density at radius 1 is 1.18 bits per heavy atom. The standard InChI is InChI=1S/C22H27N3O2S/c1-14-4-3-5-18(15(14)2)24-20(26)12-23-21(27)13-25-10-8-19-17(9-11-28-19)22(25)16-6-7-16/h3-5,9,11,16,22H,6-8,10,12-13H2,1-2H3,(H,23,27)(H,24,26)/t22-/m0/s1. The van der Waals surface area contributed by atoms with Gasteiger partial charge in [0, 0.05) is 23.2 Å². The molecule has 6 heteroatoms. The SMILES string of the molecule is Cc1cccc(NC(=O)CNC(=O)CN2CCc3sccc3[C@@H]2C2CC2)c1C. The maximum Gasteiger partial charge on any atom is 0.243 e. The zero-order chi connectivity index (χ0) is 19.7. The molecule has 2 amide bonds. The van der Waals surface area contributed by atoms with Gasteiger partial charge in [0.15, 0.2) is 0 Å². The van der Waals surface area contributed by atoms with Gasteiger partial charge in [-0.3, -0.25) is 14.5 Å². The minimum Gasteiger partial charge on any atom is -0.346 e.